The SMILES string of the molecule is Cc1cccc(OC(=O)c2ccc(C#N)cc2)c1. The van der Waals surface area contributed by atoms with Crippen LogP contribution >= 0.6 is 0 Å². The summed E-state index contributed by atoms with van der Waals surface area (Å²) in [4.78, 5) is 11.8. The second-order valence-electron chi connectivity index (χ2n) is 3.90. The molecule has 18 heavy (non-hydrogen) atoms. The van der Waals surface area contributed by atoms with Gasteiger partial charge in [-0.25, -0.2) is 4.79 Å². The number of esters is 1. The predicted molar refractivity (Wildman–Crippen MR) is 67.3 cm³/mol. The van der Waals surface area contributed by atoms with Crippen LogP contribution in [0.1, 0.15) is 21.5 Å². The monoisotopic (exact) mass is 237 g/mol. The lowest BCUT2D eigenvalue weighted by Crippen LogP contribution is -2.08. The van der Waals surface area contributed by atoms with Crippen molar-refractivity contribution < 1.29 is 9.53 Å². The van der Waals surface area contributed by atoms with E-state index in [4.69, 9.17) is 10.00 Å². The van der Waals surface area contributed by atoms with Crippen molar-refractivity contribution in [3.63, 3.8) is 0 Å². The van der Waals surface area contributed by atoms with E-state index in [0.717, 1.165) is 5.56 Å². The first kappa shape index (κ1) is 11.9. The summed E-state index contributed by atoms with van der Waals surface area (Å²) in [6, 6.07) is 15.6. The first-order chi connectivity index (χ1) is 8.69. The number of carbonyl (C=O) groups is 1. The third kappa shape index (κ3) is 2.74. The molecule has 2 aromatic carbocycles. The van der Waals surface area contributed by atoms with E-state index in [0.29, 0.717) is 16.9 Å². The molecule has 0 aliphatic carbocycles. The second-order valence-corrected chi connectivity index (χ2v) is 3.90. The van der Waals surface area contributed by atoms with E-state index in [2.05, 4.69) is 0 Å². The van der Waals surface area contributed by atoms with Crippen LogP contribution in [0.15, 0.2) is 48.5 Å². The number of rotatable bonds is 2. The average Bonchev–Trinajstić information content (AvgIpc) is 2.39. The van der Waals surface area contributed by atoms with E-state index in [1.54, 1.807) is 36.4 Å². The molecule has 0 aliphatic rings. The number of nitriles is 1. The zero-order valence-corrected chi connectivity index (χ0v) is 9.88. The van der Waals surface area contributed by atoms with Crippen LogP contribution in [0.3, 0.4) is 0 Å². The average molecular weight is 237 g/mol. The second kappa shape index (κ2) is 5.15. The van der Waals surface area contributed by atoms with Gasteiger partial charge in [0.2, 0.25) is 0 Å². The quantitative estimate of drug-likeness (QED) is 0.595. The molecule has 3 nitrogen and oxygen atoms in total. The maximum Gasteiger partial charge on any atom is 0.343 e. The van der Waals surface area contributed by atoms with E-state index in [-0.39, 0.29) is 0 Å². The Balaban J connectivity index is 2.14. The van der Waals surface area contributed by atoms with Crippen LogP contribution in [0.25, 0.3) is 0 Å². The molecule has 0 aromatic heterocycles. The fraction of sp³-hybridized carbons (Fsp3) is 0.0667. The predicted octanol–water partition coefficient (Wildman–Crippen LogP) is 3.09. The Kier molecular flexibility index (Phi) is 3.40. The highest BCUT2D eigenvalue weighted by Gasteiger charge is 2.08. The van der Waals surface area contributed by atoms with Crippen molar-refractivity contribution in [1.82, 2.24) is 0 Å². The zero-order chi connectivity index (χ0) is 13.0. The minimum absolute atomic E-state index is 0.426. The summed E-state index contributed by atoms with van der Waals surface area (Å²) >= 11 is 0. The van der Waals surface area contributed by atoms with Crippen LogP contribution in [0, 0.1) is 18.3 Å². The van der Waals surface area contributed by atoms with Gasteiger partial charge in [0.15, 0.2) is 0 Å². The molecule has 0 heterocycles. The third-order valence-corrected chi connectivity index (χ3v) is 2.45. The van der Waals surface area contributed by atoms with Crippen LogP contribution in [-0.2, 0) is 0 Å². The first-order valence-corrected chi connectivity index (χ1v) is 5.48. The van der Waals surface area contributed by atoms with E-state index >= 15 is 0 Å². The highest BCUT2D eigenvalue weighted by Crippen LogP contribution is 2.14. The van der Waals surface area contributed by atoms with E-state index in [9.17, 15) is 4.79 Å². The lowest BCUT2D eigenvalue weighted by atomic mass is 10.1. The Hall–Kier alpha value is -2.60. The van der Waals surface area contributed by atoms with Crippen LogP contribution < -0.4 is 4.74 Å². The topological polar surface area (TPSA) is 50.1 Å². The van der Waals surface area contributed by atoms with Crippen molar-refractivity contribution in [2.75, 3.05) is 0 Å². The van der Waals surface area contributed by atoms with Gasteiger partial charge in [0.25, 0.3) is 0 Å². The van der Waals surface area contributed by atoms with Gasteiger partial charge in [0.05, 0.1) is 17.2 Å². The van der Waals surface area contributed by atoms with Gasteiger partial charge in [-0.15, -0.1) is 0 Å². The molecule has 0 atom stereocenters. The fourth-order valence-corrected chi connectivity index (χ4v) is 1.53. The van der Waals surface area contributed by atoms with Gasteiger partial charge in [0.1, 0.15) is 5.75 Å². The number of ether oxygens (including phenoxy) is 1. The largest absolute Gasteiger partial charge is 0.423 e. The molecule has 3 heteroatoms. The minimum Gasteiger partial charge on any atom is -0.423 e. The number of aryl methyl sites for hydroxylation is 1. The highest BCUT2D eigenvalue weighted by atomic mass is 16.5. The van der Waals surface area contributed by atoms with E-state index in [1.165, 1.54) is 0 Å². The van der Waals surface area contributed by atoms with Crippen molar-refractivity contribution in [3.05, 3.63) is 65.2 Å². The molecule has 2 aromatic rings. The third-order valence-electron chi connectivity index (χ3n) is 2.45. The Labute approximate surface area is 105 Å². The summed E-state index contributed by atoms with van der Waals surface area (Å²) in [7, 11) is 0. The van der Waals surface area contributed by atoms with Gasteiger partial charge >= 0.3 is 5.97 Å². The van der Waals surface area contributed by atoms with Crippen LogP contribution in [0.5, 0.6) is 5.75 Å². The molecule has 2 rings (SSSR count). The maximum absolute atomic E-state index is 11.8. The minimum atomic E-state index is -0.426. The summed E-state index contributed by atoms with van der Waals surface area (Å²) < 4.78 is 5.23. The molecule has 0 unspecified atom stereocenters. The van der Waals surface area contributed by atoms with Crippen molar-refractivity contribution in [2.45, 2.75) is 6.92 Å². The molecule has 0 N–H and O–H groups in total. The lowest BCUT2D eigenvalue weighted by Gasteiger charge is -2.04. The highest BCUT2D eigenvalue weighted by molar-refractivity contribution is 5.91. The zero-order valence-electron chi connectivity index (χ0n) is 9.88. The molecule has 0 saturated carbocycles. The Morgan fingerprint density at radius 2 is 1.89 bits per heavy atom. The van der Waals surface area contributed by atoms with Gasteiger partial charge < -0.3 is 4.74 Å². The van der Waals surface area contributed by atoms with Crippen LogP contribution in [0.4, 0.5) is 0 Å². The van der Waals surface area contributed by atoms with Gasteiger partial charge in [-0.1, -0.05) is 12.1 Å². The van der Waals surface area contributed by atoms with Crippen molar-refractivity contribution >= 4 is 5.97 Å². The molecular weight excluding hydrogens is 226 g/mol. The van der Waals surface area contributed by atoms with Gasteiger partial charge in [-0.2, -0.15) is 5.26 Å². The van der Waals surface area contributed by atoms with Crippen LogP contribution in [0.2, 0.25) is 0 Å². The number of benzene rings is 2. The Morgan fingerprint density at radius 3 is 2.50 bits per heavy atom. The number of nitrogens with zero attached hydrogens (tertiary/aromatic N) is 1. The van der Waals surface area contributed by atoms with Crippen LogP contribution in [-0.4, -0.2) is 5.97 Å². The van der Waals surface area contributed by atoms with Gasteiger partial charge in [0, 0.05) is 0 Å². The van der Waals surface area contributed by atoms with Crippen molar-refractivity contribution in [3.8, 4) is 11.8 Å². The molecule has 0 saturated heterocycles. The fourth-order valence-electron chi connectivity index (χ4n) is 1.53. The molecular formula is C15H11NO2. The standard InChI is InChI=1S/C15H11NO2/c1-11-3-2-4-14(9-11)18-15(17)13-7-5-12(10-16)6-8-13/h2-9H,1H3. The first-order valence-electron chi connectivity index (χ1n) is 5.48. The Bertz CT molecular complexity index is 609. The van der Waals surface area contributed by atoms with E-state index < -0.39 is 5.97 Å². The molecule has 88 valence electrons. The smallest absolute Gasteiger partial charge is 0.343 e. The van der Waals surface area contributed by atoms with Gasteiger partial charge in [-0.3, -0.25) is 0 Å². The Morgan fingerprint density at radius 1 is 1.17 bits per heavy atom. The summed E-state index contributed by atoms with van der Waals surface area (Å²) in [6.45, 7) is 1.93. The molecule has 0 aliphatic heterocycles. The molecule has 0 bridgehead atoms. The number of carbonyl (C=O) groups excluding carboxylic acids is 1. The van der Waals surface area contributed by atoms with Crippen molar-refractivity contribution in [2.24, 2.45) is 0 Å². The summed E-state index contributed by atoms with van der Waals surface area (Å²) in [5.74, 6) is 0.0921. The number of hydrogen-bond donors (Lipinski definition) is 0. The number of hydrogen-bond acceptors (Lipinski definition) is 3. The lowest BCUT2D eigenvalue weighted by molar-refractivity contribution is 0.0735. The molecule has 0 amide bonds. The maximum atomic E-state index is 11.8. The normalized spacial score (nSPS) is 9.56. The molecule has 0 fully saturated rings. The molecule has 0 spiro atoms. The summed E-state index contributed by atoms with van der Waals surface area (Å²) in [5.41, 5.74) is 1.97. The van der Waals surface area contributed by atoms with E-state index in [1.807, 2.05) is 25.1 Å². The van der Waals surface area contributed by atoms with Gasteiger partial charge in [-0.05, 0) is 48.9 Å². The molecule has 0 radical (unpaired) electrons. The summed E-state index contributed by atoms with van der Waals surface area (Å²) in [6.07, 6.45) is 0. The van der Waals surface area contributed by atoms with Crippen molar-refractivity contribution in [1.29, 1.82) is 5.26 Å². The summed E-state index contributed by atoms with van der Waals surface area (Å²) in [5, 5.41) is 8.67.